The second kappa shape index (κ2) is 9.48. The van der Waals surface area contributed by atoms with Gasteiger partial charge in [-0.05, 0) is 37.1 Å². The van der Waals surface area contributed by atoms with Gasteiger partial charge in [0, 0.05) is 18.1 Å². The van der Waals surface area contributed by atoms with Crippen molar-refractivity contribution in [2.75, 3.05) is 19.0 Å². The standard InChI is InChI=1S/C24H25N3O4S/c1-4-31-18-10-9-16(11-19(18)30-3)17-12-20(28)25-22-21(17)23(29)27-24(26-22)32-13-15-7-5-14(2)6-8-15/h5-11,17H,4,12-13H2,1-3H3,(H2,25,26,27,28,29)/t17-/m0/s1. The molecule has 0 bridgehead atoms. The Balaban J connectivity index is 1.64. The van der Waals surface area contributed by atoms with Crippen LogP contribution in [0.25, 0.3) is 0 Å². The first-order chi connectivity index (χ1) is 15.5. The fourth-order valence-electron chi connectivity index (χ4n) is 3.72. The maximum Gasteiger partial charge on any atom is 0.257 e. The lowest BCUT2D eigenvalue weighted by Crippen LogP contribution is -2.31. The van der Waals surface area contributed by atoms with E-state index in [0.717, 1.165) is 11.1 Å². The van der Waals surface area contributed by atoms with Gasteiger partial charge < -0.3 is 19.8 Å². The molecule has 0 saturated carbocycles. The van der Waals surface area contributed by atoms with Crippen LogP contribution in [0.4, 0.5) is 5.82 Å². The third-order valence-electron chi connectivity index (χ3n) is 5.32. The van der Waals surface area contributed by atoms with Crippen molar-refractivity contribution in [3.8, 4) is 11.5 Å². The number of benzene rings is 2. The predicted octanol–water partition coefficient (Wildman–Crippen LogP) is 4.25. The van der Waals surface area contributed by atoms with Crippen LogP contribution in [0.2, 0.25) is 0 Å². The van der Waals surface area contributed by atoms with E-state index in [1.54, 1.807) is 13.2 Å². The molecule has 2 aromatic carbocycles. The number of rotatable bonds is 7. The van der Waals surface area contributed by atoms with Crippen LogP contribution in [0.5, 0.6) is 11.5 Å². The predicted molar refractivity (Wildman–Crippen MR) is 125 cm³/mol. The van der Waals surface area contributed by atoms with Crippen LogP contribution in [-0.2, 0) is 10.5 Å². The van der Waals surface area contributed by atoms with E-state index in [4.69, 9.17) is 9.47 Å². The molecule has 2 heterocycles. The second-order valence-corrected chi connectivity index (χ2v) is 8.52. The van der Waals surface area contributed by atoms with Crippen molar-refractivity contribution >= 4 is 23.5 Å². The van der Waals surface area contributed by atoms with Crippen molar-refractivity contribution in [3.63, 3.8) is 0 Å². The van der Waals surface area contributed by atoms with Crippen LogP contribution >= 0.6 is 11.8 Å². The summed E-state index contributed by atoms with van der Waals surface area (Å²) in [4.78, 5) is 32.9. The Bertz CT molecular complexity index is 1190. The largest absolute Gasteiger partial charge is 0.493 e. The van der Waals surface area contributed by atoms with Crippen molar-refractivity contribution in [3.05, 3.63) is 75.1 Å². The minimum atomic E-state index is -0.421. The first-order valence-electron chi connectivity index (χ1n) is 10.4. The number of aromatic amines is 1. The number of fused-ring (bicyclic) bond motifs is 1. The van der Waals surface area contributed by atoms with Gasteiger partial charge in [-0.15, -0.1) is 0 Å². The number of anilines is 1. The lowest BCUT2D eigenvalue weighted by atomic mass is 9.86. The smallest absolute Gasteiger partial charge is 0.257 e. The fraction of sp³-hybridized carbons (Fsp3) is 0.292. The number of hydrogen-bond acceptors (Lipinski definition) is 6. The van der Waals surface area contributed by atoms with Crippen LogP contribution < -0.4 is 20.3 Å². The number of aromatic nitrogens is 2. The Labute approximate surface area is 190 Å². The number of carbonyl (C=O) groups is 1. The zero-order valence-corrected chi connectivity index (χ0v) is 19.0. The number of nitrogens with one attached hydrogen (secondary N) is 2. The van der Waals surface area contributed by atoms with Gasteiger partial charge in [0.1, 0.15) is 5.82 Å². The SMILES string of the molecule is CCOc1ccc([C@@H]2CC(=O)Nc3nc(SCc4ccc(C)cc4)[nH]c(=O)c32)cc1OC. The molecule has 2 N–H and O–H groups in total. The monoisotopic (exact) mass is 451 g/mol. The normalized spacial score (nSPS) is 15.1. The number of nitrogens with zero attached hydrogens (tertiary/aromatic N) is 1. The quantitative estimate of drug-likeness (QED) is 0.412. The highest BCUT2D eigenvalue weighted by Gasteiger charge is 2.31. The number of amides is 1. The van der Waals surface area contributed by atoms with E-state index in [2.05, 4.69) is 39.6 Å². The molecule has 8 heteroatoms. The average Bonchev–Trinajstić information content (AvgIpc) is 2.78. The molecule has 1 aromatic heterocycles. The van der Waals surface area contributed by atoms with E-state index >= 15 is 0 Å². The van der Waals surface area contributed by atoms with Crippen molar-refractivity contribution in [2.24, 2.45) is 0 Å². The molecule has 3 aromatic rings. The molecule has 1 aliphatic heterocycles. The number of carbonyl (C=O) groups excluding carboxylic acids is 1. The molecular formula is C24H25N3O4S. The molecule has 4 rings (SSSR count). The van der Waals surface area contributed by atoms with E-state index in [1.807, 2.05) is 26.0 Å². The Morgan fingerprint density at radius 1 is 1.12 bits per heavy atom. The molecule has 32 heavy (non-hydrogen) atoms. The highest BCUT2D eigenvalue weighted by molar-refractivity contribution is 7.98. The highest BCUT2D eigenvalue weighted by atomic mass is 32.2. The second-order valence-electron chi connectivity index (χ2n) is 7.56. The molecule has 0 saturated heterocycles. The number of methoxy groups -OCH3 is 1. The highest BCUT2D eigenvalue weighted by Crippen LogP contribution is 2.38. The van der Waals surface area contributed by atoms with Gasteiger partial charge in [-0.1, -0.05) is 47.7 Å². The lowest BCUT2D eigenvalue weighted by molar-refractivity contribution is -0.116. The van der Waals surface area contributed by atoms with E-state index < -0.39 is 5.92 Å². The molecule has 1 atom stereocenters. The van der Waals surface area contributed by atoms with Crippen LogP contribution in [0, 0.1) is 6.92 Å². The van der Waals surface area contributed by atoms with Crippen molar-refractivity contribution in [1.29, 1.82) is 0 Å². The van der Waals surface area contributed by atoms with Crippen molar-refractivity contribution in [1.82, 2.24) is 9.97 Å². The summed E-state index contributed by atoms with van der Waals surface area (Å²) in [7, 11) is 1.56. The van der Waals surface area contributed by atoms with Gasteiger partial charge in [-0.3, -0.25) is 9.59 Å². The number of thioether (sulfide) groups is 1. The fourth-order valence-corrected chi connectivity index (χ4v) is 4.53. The Morgan fingerprint density at radius 2 is 1.91 bits per heavy atom. The molecular weight excluding hydrogens is 426 g/mol. The molecule has 166 valence electrons. The first kappa shape index (κ1) is 22.0. The number of hydrogen-bond donors (Lipinski definition) is 2. The third-order valence-corrected chi connectivity index (χ3v) is 6.26. The first-order valence-corrected chi connectivity index (χ1v) is 11.4. The van der Waals surface area contributed by atoms with E-state index in [1.165, 1.54) is 17.3 Å². The molecule has 0 spiro atoms. The van der Waals surface area contributed by atoms with Crippen molar-refractivity contribution in [2.45, 2.75) is 37.1 Å². The minimum absolute atomic E-state index is 0.157. The van der Waals surface area contributed by atoms with Crippen LogP contribution in [0.1, 0.15) is 41.5 Å². The summed E-state index contributed by atoms with van der Waals surface area (Å²) < 4.78 is 11.0. The Hall–Kier alpha value is -3.26. The van der Waals surface area contributed by atoms with Gasteiger partial charge in [-0.25, -0.2) is 4.98 Å². The van der Waals surface area contributed by atoms with Gasteiger partial charge in [0.25, 0.3) is 5.56 Å². The van der Waals surface area contributed by atoms with Crippen LogP contribution in [0.15, 0.2) is 52.4 Å². The zero-order chi connectivity index (χ0) is 22.7. The van der Waals surface area contributed by atoms with Crippen molar-refractivity contribution < 1.29 is 14.3 Å². The maximum atomic E-state index is 13.0. The molecule has 7 nitrogen and oxygen atoms in total. The van der Waals surface area contributed by atoms with Crippen LogP contribution in [0.3, 0.4) is 0 Å². The summed E-state index contributed by atoms with van der Waals surface area (Å²) in [6.07, 6.45) is 0.157. The minimum Gasteiger partial charge on any atom is -0.493 e. The van der Waals surface area contributed by atoms with Gasteiger partial charge >= 0.3 is 0 Å². The third kappa shape index (κ3) is 4.65. The lowest BCUT2D eigenvalue weighted by Gasteiger charge is -2.25. The van der Waals surface area contributed by atoms with Crippen LogP contribution in [-0.4, -0.2) is 29.6 Å². The Morgan fingerprint density at radius 3 is 2.62 bits per heavy atom. The van der Waals surface area contributed by atoms with Gasteiger partial charge in [0.15, 0.2) is 16.7 Å². The summed E-state index contributed by atoms with van der Waals surface area (Å²) in [6.45, 7) is 4.45. The summed E-state index contributed by atoms with van der Waals surface area (Å²) >= 11 is 1.42. The molecule has 0 aliphatic carbocycles. The average molecular weight is 452 g/mol. The topological polar surface area (TPSA) is 93.3 Å². The molecule has 0 fully saturated rings. The Kier molecular flexibility index (Phi) is 6.50. The van der Waals surface area contributed by atoms with E-state index in [9.17, 15) is 9.59 Å². The summed E-state index contributed by atoms with van der Waals surface area (Å²) in [5.74, 6) is 1.56. The van der Waals surface area contributed by atoms with Gasteiger partial charge in [-0.2, -0.15) is 0 Å². The maximum absolute atomic E-state index is 13.0. The number of H-pyrrole nitrogens is 1. The number of aryl methyl sites for hydroxylation is 1. The summed E-state index contributed by atoms with van der Waals surface area (Å²) in [6, 6.07) is 13.7. The zero-order valence-electron chi connectivity index (χ0n) is 18.2. The molecule has 0 radical (unpaired) electrons. The van der Waals surface area contributed by atoms with Gasteiger partial charge in [0.2, 0.25) is 5.91 Å². The van der Waals surface area contributed by atoms with E-state index in [0.29, 0.717) is 40.4 Å². The number of ether oxygens (including phenoxy) is 2. The molecule has 1 amide bonds. The van der Waals surface area contributed by atoms with E-state index in [-0.39, 0.29) is 17.9 Å². The van der Waals surface area contributed by atoms with Gasteiger partial charge in [0.05, 0.1) is 19.3 Å². The molecule has 1 aliphatic rings. The summed E-state index contributed by atoms with van der Waals surface area (Å²) in [5, 5.41) is 3.24. The molecule has 0 unspecified atom stereocenters. The summed E-state index contributed by atoms with van der Waals surface area (Å²) in [5.41, 5.74) is 3.33.